The molecular formula is C24H16OS2. The van der Waals surface area contributed by atoms with Gasteiger partial charge in [-0.25, -0.2) is 0 Å². The number of para-hydroxylation sites is 2. The van der Waals surface area contributed by atoms with Gasteiger partial charge < -0.3 is 4.42 Å². The molecule has 0 radical (unpaired) electrons. The van der Waals surface area contributed by atoms with Crippen molar-refractivity contribution in [2.45, 2.75) is 19.6 Å². The Labute approximate surface area is 166 Å². The summed E-state index contributed by atoms with van der Waals surface area (Å²) in [4.78, 5) is 5.49. The van der Waals surface area contributed by atoms with E-state index in [1.807, 2.05) is 59.9 Å². The van der Waals surface area contributed by atoms with Crippen LogP contribution in [0.2, 0.25) is 0 Å². The molecule has 0 amide bonds. The van der Waals surface area contributed by atoms with Crippen LogP contribution >= 0.6 is 23.5 Å². The lowest BCUT2D eigenvalue weighted by molar-refractivity contribution is 0.669. The Morgan fingerprint density at radius 1 is 0.407 bits per heavy atom. The lowest BCUT2D eigenvalue weighted by atomic mass is 10.2. The van der Waals surface area contributed by atoms with E-state index in [0.717, 1.165) is 11.2 Å². The molecule has 0 spiro atoms. The first kappa shape index (κ1) is 16.5. The van der Waals surface area contributed by atoms with Crippen molar-refractivity contribution < 1.29 is 4.42 Å². The van der Waals surface area contributed by atoms with E-state index in [9.17, 15) is 0 Å². The van der Waals surface area contributed by atoms with Crippen LogP contribution < -0.4 is 0 Å². The molecule has 0 saturated heterocycles. The quantitative estimate of drug-likeness (QED) is 0.264. The van der Waals surface area contributed by atoms with Gasteiger partial charge in [0.05, 0.1) is 0 Å². The highest BCUT2D eigenvalue weighted by Gasteiger charge is 2.14. The standard InChI is InChI=1S/C12H8O.C12H8S2/c1-3-7-11-9(5-1)10-6-2-4-8-12(10)13-11;1-2-6-10-9(5-1)13-11-7-3-4-8-12(11)14-10/h1-8H;1-8H. The van der Waals surface area contributed by atoms with Crippen LogP contribution in [-0.2, 0) is 0 Å². The molecule has 5 aromatic rings. The van der Waals surface area contributed by atoms with Gasteiger partial charge in [0.1, 0.15) is 11.2 Å². The molecule has 1 nitrogen and oxygen atoms in total. The molecule has 0 aliphatic carbocycles. The summed E-state index contributed by atoms with van der Waals surface area (Å²) in [7, 11) is 0. The van der Waals surface area contributed by atoms with Crippen molar-refractivity contribution in [3.63, 3.8) is 0 Å². The Morgan fingerprint density at radius 3 is 1.15 bits per heavy atom. The number of fused-ring (bicyclic) bond motifs is 5. The third-order valence-corrected chi connectivity index (χ3v) is 6.98. The van der Waals surface area contributed by atoms with Crippen LogP contribution in [0.15, 0.2) is 121 Å². The Kier molecular flexibility index (Phi) is 4.40. The second-order valence-corrected chi connectivity index (χ2v) is 8.36. The van der Waals surface area contributed by atoms with Crippen molar-refractivity contribution in [3.05, 3.63) is 97.1 Å². The predicted molar refractivity (Wildman–Crippen MR) is 115 cm³/mol. The van der Waals surface area contributed by atoms with Gasteiger partial charge in [-0.1, -0.05) is 84.2 Å². The molecule has 0 atom stereocenters. The van der Waals surface area contributed by atoms with Crippen LogP contribution in [0.25, 0.3) is 21.9 Å². The zero-order valence-electron chi connectivity index (χ0n) is 14.5. The highest BCUT2D eigenvalue weighted by molar-refractivity contribution is 8.05. The largest absolute Gasteiger partial charge is 0.456 e. The Hall–Kier alpha value is -2.62. The Morgan fingerprint density at radius 2 is 0.741 bits per heavy atom. The third kappa shape index (κ3) is 3.25. The zero-order chi connectivity index (χ0) is 18.1. The molecule has 1 aliphatic rings. The van der Waals surface area contributed by atoms with E-state index in [2.05, 4.69) is 60.7 Å². The number of hydrogen-bond acceptors (Lipinski definition) is 3. The van der Waals surface area contributed by atoms with Crippen molar-refractivity contribution >= 4 is 45.5 Å². The molecule has 1 aliphatic heterocycles. The SMILES string of the molecule is c1ccc2c(c1)Sc1ccccc1S2.c1ccc2c(c1)oc1ccccc12. The molecule has 0 unspecified atom stereocenters. The molecule has 3 heteroatoms. The molecule has 2 heterocycles. The minimum atomic E-state index is 0.962. The van der Waals surface area contributed by atoms with Crippen molar-refractivity contribution in [2.75, 3.05) is 0 Å². The molecular weight excluding hydrogens is 368 g/mol. The van der Waals surface area contributed by atoms with Gasteiger partial charge in [0.2, 0.25) is 0 Å². The lowest BCUT2D eigenvalue weighted by Crippen LogP contribution is -1.87. The Balaban J connectivity index is 0.000000119. The Bertz CT molecular complexity index is 1100. The first-order chi connectivity index (χ1) is 13.4. The van der Waals surface area contributed by atoms with Crippen molar-refractivity contribution in [3.8, 4) is 0 Å². The van der Waals surface area contributed by atoms with Crippen molar-refractivity contribution in [1.29, 1.82) is 0 Å². The number of rotatable bonds is 0. The van der Waals surface area contributed by atoms with Gasteiger partial charge in [-0.05, 0) is 36.4 Å². The average molecular weight is 385 g/mol. The summed E-state index contributed by atoms with van der Waals surface area (Å²) in [6, 6.07) is 33.3. The fourth-order valence-electron chi connectivity index (χ4n) is 3.15. The van der Waals surface area contributed by atoms with E-state index in [1.54, 1.807) is 0 Å². The van der Waals surface area contributed by atoms with Gasteiger partial charge in [-0.2, -0.15) is 0 Å². The molecule has 27 heavy (non-hydrogen) atoms. The van der Waals surface area contributed by atoms with E-state index in [0.29, 0.717) is 0 Å². The van der Waals surface area contributed by atoms with E-state index in [-0.39, 0.29) is 0 Å². The van der Waals surface area contributed by atoms with Gasteiger partial charge in [-0.15, -0.1) is 0 Å². The van der Waals surface area contributed by atoms with Gasteiger partial charge in [0.15, 0.2) is 0 Å². The first-order valence-electron chi connectivity index (χ1n) is 8.78. The second kappa shape index (κ2) is 7.18. The van der Waals surface area contributed by atoms with Crippen LogP contribution in [0.1, 0.15) is 0 Å². The smallest absolute Gasteiger partial charge is 0.135 e. The number of furan rings is 1. The van der Waals surface area contributed by atoms with Crippen LogP contribution in [0, 0.1) is 0 Å². The number of hydrogen-bond donors (Lipinski definition) is 0. The molecule has 0 fully saturated rings. The normalized spacial score (nSPS) is 12.1. The maximum atomic E-state index is 5.65. The fraction of sp³-hybridized carbons (Fsp3) is 0. The second-order valence-electron chi connectivity index (χ2n) is 6.19. The summed E-state index contributed by atoms with van der Waals surface area (Å²) in [6.45, 7) is 0. The van der Waals surface area contributed by atoms with Crippen LogP contribution in [-0.4, -0.2) is 0 Å². The maximum Gasteiger partial charge on any atom is 0.135 e. The summed E-state index contributed by atoms with van der Waals surface area (Å²) in [5.74, 6) is 0. The summed E-state index contributed by atoms with van der Waals surface area (Å²) >= 11 is 3.72. The van der Waals surface area contributed by atoms with Gasteiger partial charge >= 0.3 is 0 Å². The van der Waals surface area contributed by atoms with Gasteiger partial charge in [-0.3, -0.25) is 0 Å². The van der Waals surface area contributed by atoms with E-state index in [1.165, 1.54) is 30.4 Å². The topological polar surface area (TPSA) is 13.1 Å². The minimum Gasteiger partial charge on any atom is -0.456 e. The van der Waals surface area contributed by atoms with Crippen LogP contribution in [0.4, 0.5) is 0 Å². The van der Waals surface area contributed by atoms with E-state index >= 15 is 0 Å². The monoisotopic (exact) mass is 384 g/mol. The molecule has 130 valence electrons. The average Bonchev–Trinajstić information content (AvgIpc) is 3.11. The summed E-state index contributed by atoms with van der Waals surface area (Å²) in [5, 5.41) is 2.39. The molecule has 4 aromatic carbocycles. The zero-order valence-corrected chi connectivity index (χ0v) is 16.1. The van der Waals surface area contributed by atoms with Gasteiger partial charge in [0.25, 0.3) is 0 Å². The van der Waals surface area contributed by atoms with Crippen molar-refractivity contribution in [2.24, 2.45) is 0 Å². The molecule has 6 rings (SSSR count). The summed E-state index contributed by atoms with van der Waals surface area (Å²) in [5.41, 5.74) is 1.92. The molecule has 0 bridgehead atoms. The predicted octanol–water partition coefficient (Wildman–Crippen LogP) is 7.89. The summed E-state index contributed by atoms with van der Waals surface area (Å²) in [6.07, 6.45) is 0. The third-order valence-electron chi connectivity index (χ3n) is 4.42. The van der Waals surface area contributed by atoms with E-state index in [4.69, 9.17) is 4.42 Å². The minimum absolute atomic E-state index is 0.962. The highest BCUT2D eigenvalue weighted by Crippen LogP contribution is 2.47. The lowest BCUT2D eigenvalue weighted by Gasteiger charge is -2.17. The van der Waals surface area contributed by atoms with Gasteiger partial charge in [0, 0.05) is 30.4 Å². The van der Waals surface area contributed by atoms with Crippen LogP contribution in [0.3, 0.4) is 0 Å². The molecule has 1 aromatic heterocycles. The van der Waals surface area contributed by atoms with Crippen LogP contribution in [0.5, 0.6) is 0 Å². The van der Waals surface area contributed by atoms with Crippen molar-refractivity contribution in [1.82, 2.24) is 0 Å². The summed E-state index contributed by atoms with van der Waals surface area (Å²) < 4.78 is 5.65. The first-order valence-corrected chi connectivity index (χ1v) is 10.4. The molecule has 0 saturated carbocycles. The maximum absolute atomic E-state index is 5.65. The van der Waals surface area contributed by atoms with E-state index < -0.39 is 0 Å². The molecule has 0 N–H and O–H groups in total. The fourth-order valence-corrected chi connectivity index (χ4v) is 5.38. The highest BCUT2D eigenvalue weighted by atomic mass is 32.2. The number of benzene rings is 4.